The van der Waals surface area contributed by atoms with Crippen molar-refractivity contribution in [1.82, 2.24) is 14.8 Å². The SMILES string of the molecule is O=C(C=Cc1cn(-c2ccccc2)nc1-c1ccccc1)Nc1nccs1. The van der Waals surface area contributed by atoms with Crippen LogP contribution in [0.1, 0.15) is 5.56 Å². The first-order valence-corrected chi connectivity index (χ1v) is 9.26. The van der Waals surface area contributed by atoms with Crippen LogP contribution >= 0.6 is 11.3 Å². The fourth-order valence-corrected chi connectivity index (χ4v) is 3.17. The molecule has 0 fully saturated rings. The van der Waals surface area contributed by atoms with E-state index in [-0.39, 0.29) is 5.91 Å². The minimum absolute atomic E-state index is 0.226. The van der Waals surface area contributed by atoms with Gasteiger partial charge in [0, 0.05) is 35.0 Å². The van der Waals surface area contributed by atoms with Gasteiger partial charge in [-0.25, -0.2) is 9.67 Å². The maximum atomic E-state index is 12.1. The van der Waals surface area contributed by atoms with Crippen LogP contribution in [0.3, 0.4) is 0 Å². The van der Waals surface area contributed by atoms with Gasteiger partial charge < -0.3 is 0 Å². The van der Waals surface area contributed by atoms with E-state index in [1.165, 1.54) is 17.4 Å². The third-order valence-electron chi connectivity index (χ3n) is 3.89. The lowest BCUT2D eigenvalue weighted by molar-refractivity contribution is -0.111. The molecule has 0 bridgehead atoms. The number of anilines is 1. The van der Waals surface area contributed by atoms with Crippen molar-refractivity contribution < 1.29 is 4.79 Å². The summed E-state index contributed by atoms with van der Waals surface area (Å²) in [6, 6.07) is 19.8. The second-order valence-corrected chi connectivity index (χ2v) is 6.63. The predicted molar refractivity (Wildman–Crippen MR) is 109 cm³/mol. The van der Waals surface area contributed by atoms with Crippen molar-refractivity contribution in [2.75, 3.05) is 5.32 Å². The van der Waals surface area contributed by atoms with Gasteiger partial charge in [0.15, 0.2) is 5.13 Å². The first kappa shape index (κ1) is 16.9. The van der Waals surface area contributed by atoms with Crippen molar-refractivity contribution in [2.24, 2.45) is 0 Å². The highest BCUT2D eigenvalue weighted by molar-refractivity contribution is 7.13. The Kier molecular flexibility index (Phi) is 4.89. The van der Waals surface area contributed by atoms with Crippen molar-refractivity contribution >= 4 is 28.5 Å². The van der Waals surface area contributed by atoms with E-state index in [0.717, 1.165) is 22.5 Å². The Morgan fingerprint density at radius 2 is 1.78 bits per heavy atom. The summed E-state index contributed by atoms with van der Waals surface area (Å²) in [6.07, 6.45) is 6.85. The normalized spacial score (nSPS) is 11.0. The molecule has 0 spiro atoms. The second kappa shape index (κ2) is 7.80. The van der Waals surface area contributed by atoms with E-state index in [0.29, 0.717) is 5.13 Å². The molecule has 0 aliphatic rings. The van der Waals surface area contributed by atoms with E-state index in [2.05, 4.69) is 10.3 Å². The van der Waals surface area contributed by atoms with Crippen molar-refractivity contribution in [3.8, 4) is 16.9 Å². The molecule has 4 rings (SSSR count). The number of para-hydroxylation sites is 1. The Labute approximate surface area is 160 Å². The number of carbonyl (C=O) groups excluding carboxylic acids is 1. The zero-order valence-electron chi connectivity index (χ0n) is 14.3. The lowest BCUT2D eigenvalue weighted by Crippen LogP contribution is -2.07. The van der Waals surface area contributed by atoms with Crippen LogP contribution in [0.4, 0.5) is 5.13 Å². The number of benzene rings is 2. The molecule has 5 nitrogen and oxygen atoms in total. The van der Waals surface area contributed by atoms with Crippen LogP contribution in [-0.2, 0) is 4.79 Å². The number of amides is 1. The first-order valence-electron chi connectivity index (χ1n) is 8.39. The Bertz CT molecular complexity index is 1050. The molecule has 0 unspecified atom stereocenters. The molecule has 2 aromatic carbocycles. The molecule has 0 saturated heterocycles. The molecular weight excluding hydrogens is 356 g/mol. The van der Waals surface area contributed by atoms with Crippen LogP contribution < -0.4 is 5.32 Å². The fraction of sp³-hybridized carbons (Fsp3) is 0. The molecule has 2 heterocycles. The lowest BCUT2D eigenvalue weighted by atomic mass is 10.1. The molecule has 27 heavy (non-hydrogen) atoms. The van der Waals surface area contributed by atoms with Crippen molar-refractivity contribution in [2.45, 2.75) is 0 Å². The van der Waals surface area contributed by atoms with Crippen molar-refractivity contribution in [3.63, 3.8) is 0 Å². The summed E-state index contributed by atoms with van der Waals surface area (Å²) in [7, 11) is 0. The smallest absolute Gasteiger partial charge is 0.250 e. The summed E-state index contributed by atoms with van der Waals surface area (Å²) in [6.45, 7) is 0. The minimum Gasteiger partial charge on any atom is -0.298 e. The molecule has 0 aliphatic carbocycles. The topological polar surface area (TPSA) is 59.8 Å². The Morgan fingerprint density at radius 3 is 2.48 bits per heavy atom. The molecular formula is C21H16N4OS. The van der Waals surface area contributed by atoms with Crippen LogP contribution in [0.15, 0.2) is 84.5 Å². The van der Waals surface area contributed by atoms with Crippen LogP contribution in [0.5, 0.6) is 0 Å². The lowest BCUT2D eigenvalue weighted by Gasteiger charge is -2.00. The van der Waals surface area contributed by atoms with E-state index in [4.69, 9.17) is 5.10 Å². The van der Waals surface area contributed by atoms with Gasteiger partial charge >= 0.3 is 0 Å². The summed E-state index contributed by atoms with van der Waals surface area (Å²) in [5, 5.41) is 9.87. The highest BCUT2D eigenvalue weighted by Gasteiger charge is 2.10. The van der Waals surface area contributed by atoms with E-state index in [1.807, 2.05) is 76.9 Å². The number of rotatable bonds is 5. The quantitative estimate of drug-likeness (QED) is 0.519. The summed E-state index contributed by atoms with van der Waals surface area (Å²) in [5.74, 6) is -0.226. The third-order valence-corrected chi connectivity index (χ3v) is 4.58. The maximum Gasteiger partial charge on any atom is 0.250 e. The van der Waals surface area contributed by atoms with Crippen LogP contribution in [0, 0.1) is 0 Å². The number of thiazole rings is 1. The van der Waals surface area contributed by atoms with E-state index >= 15 is 0 Å². The molecule has 0 radical (unpaired) electrons. The number of carbonyl (C=O) groups is 1. The molecule has 0 aliphatic heterocycles. The standard InChI is InChI=1S/C21H16N4OS/c26-19(23-21-22-13-14-27-21)12-11-17-15-25(18-9-5-2-6-10-18)24-20(17)16-7-3-1-4-8-16/h1-15H,(H,22,23,26). The van der Waals surface area contributed by atoms with Crippen LogP contribution in [-0.4, -0.2) is 20.7 Å². The molecule has 4 aromatic rings. The summed E-state index contributed by atoms with van der Waals surface area (Å²) >= 11 is 1.38. The van der Waals surface area contributed by atoms with Gasteiger partial charge in [-0.15, -0.1) is 11.3 Å². The van der Waals surface area contributed by atoms with Crippen molar-refractivity contribution in [1.29, 1.82) is 0 Å². The Balaban J connectivity index is 1.67. The summed E-state index contributed by atoms with van der Waals surface area (Å²) in [4.78, 5) is 16.2. The van der Waals surface area contributed by atoms with Gasteiger partial charge in [-0.05, 0) is 18.2 Å². The van der Waals surface area contributed by atoms with E-state index < -0.39 is 0 Å². The van der Waals surface area contributed by atoms with Gasteiger partial charge in [-0.3, -0.25) is 10.1 Å². The Hall–Kier alpha value is -3.51. The molecule has 132 valence electrons. The molecule has 1 N–H and O–H groups in total. The van der Waals surface area contributed by atoms with Gasteiger partial charge in [0.05, 0.1) is 11.4 Å². The zero-order valence-corrected chi connectivity index (χ0v) is 15.1. The highest BCUT2D eigenvalue weighted by atomic mass is 32.1. The average molecular weight is 372 g/mol. The van der Waals surface area contributed by atoms with Crippen LogP contribution in [0.25, 0.3) is 23.0 Å². The number of hydrogen-bond acceptors (Lipinski definition) is 4. The minimum atomic E-state index is -0.226. The van der Waals surface area contributed by atoms with Gasteiger partial charge in [-0.2, -0.15) is 5.10 Å². The van der Waals surface area contributed by atoms with E-state index in [1.54, 1.807) is 12.3 Å². The largest absolute Gasteiger partial charge is 0.298 e. The summed E-state index contributed by atoms with van der Waals surface area (Å²) in [5.41, 5.74) is 3.63. The monoisotopic (exact) mass is 372 g/mol. The average Bonchev–Trinajstić information content (AvgIpc) is 3.37. The van der Waals surface area contributed by atoms with Gasteiger partial charge in [0.25, 0.3) is 0 Å². The summed E-state index contributed by atoms with van der Waals surface area (Å²) < 4.78 is 1.82. The molecule has 1 amide bonds. The third kappa shape index (κ3) is 4.02. The Morgan fingerprint density at radius 1 is 1.04 bits per heavy atom. The molecule has 6 heteroatoms. The number of nitrogens with zero attached hydrogens (tertiary/aromatic N) is 3. The molecule has 2 aromatic heterocycles. The second-order valence-electron chi connectivity index (χ2n) is 5.74. The fourth-order valence-electron chi connectivity index (χ4n) is 2.64. The maximum absolute atomic E-state index is 12.1. The number of nitrogens with one attached hydrogen (secondary N) is 1. The van der Waals surface area contributed by atoms with Gasteiger partial charge in [0.2, 0.25) is 5.91 Å². The zero-order chi connectivity index (χ0) is 18.5. The van der Waals surface area contributed by atoms with Gasteiger partial charge in [-0.1, -0.05) is 48.5 Å². The first-order chi connectivity index (χ1) is 13.3. The van der Waals surface area contributed by atoms with E-state index in [9.17, 15) is 4.79 Å². The van der Waals surface area contributed by atoms with Crippen LogP contribution in [0.2, 0.25) is 0 Å². The molecule has 0 atom stereocenters. The highest BCUT2D eigenvalue weighted by Crippen LogP contribution is 2.24. The number of aromatic nitrogens is 3. The molecule has 0 saturated carbocycles. The predicted octanol–water partition coefficient (Wildman–Crippen LogP) is 4.65. The van der Waals surface area contributed by atoms with Crippen molar-refractivity contribution in [3.05, 3.63) is 90.1 Å². The number of hydrogen-bond donors (Lipinski definition) is 1. The van der Waals surface area contributed by atoms with Gasteiger partial charge in [0.1, 0.15) is 0 Å².